The normalized spacial score (nSPS) is 11.1. The molecule has 0 radical (unpaired) electrons. The molecule has 4 nitrogen and oxygen atoms in total. The molecule has 0 atom stereocenters. The largest absolute Gasteiger partial charge is 0.496 e. The van der Waals surface area contributed by atoms with Gasteiger partial charge in [0.05, 0.1) is 17.7 Å². The Labute approximate surface area is 118 Å². The second kappa shape index (κ2) is 5.13. The first kappa shape index (κ1) is 13.7. The standard InChI is InChI=1S/C14H18ClN3O/c1-8(2)14-17-12(13(16)18(14)3)11-9(15)6-5-7-10(11)19-4/h5-8H,16H2,1-4H3. The third kappa shape index (κ3) is 2.28. The van der Waals surface area contributed by atoms with Crippen LogP contribution in [0.5, 0.6) is 5.75 Å². The van der Waals surface area contributed by atoms with Gasteiger partial charge in [-0.15, -0.1) is 0 Å². The van der Waals surface area contributed by atoms with Crippen molar-refractivity contribution >= 4 is 17.4 Å². The quantitative estimate of drug-likeness (QED) is 0.936. The average Bonchev–Trinajstić information content (AvgIpc) is 2.66. The van der Waals surface area contributed by atoms with Crippen LogP contribution in [0.1, 0.15) is 25.6 Å². The first-order valence-corrected chi connectivity index (χ1v) is 6.50. The lowest BCUT2D eigenvalue weighted by Gasteiger charge is -2.09. The lowest BCUT2D eigenvalue weighted by molar-refractivity contribution is 0.416. The predicted molar refractivity (Wildman–Crippen MR) is 78.7 cm³/mol. The lowest BCUT2D eigenvalue weighted by Crippen LogP contribution is -2.03. The molecular weight excluding hydrogens is 262 g/mol. The summed E-state index contributed by atoms with van der Waals surface area (Å²) in [6.07, 6.45) is 0. The van der Waals surface area contributed by atoms with Crippen LogP contribution < -0.4 is 10.5 Å². The van der Waals surface area contributed by atoms with Crippen LogP contribution in [0, 0.1) is 0 Å². The Bertz CT molecular complexity index is 605. The Morgan fingerprint density at radius 2 is 2.05 bits per heavy atom. The molecule has 19 heavy (non-hydrogen) atoms. The molecule has 1 heterocycles. The van der Waals surface area contributed by atoms with E-state index in [0.717, 1.165) is 11.4 Å². The Balaban J connectivity index is 2.69. The van der Waals surface area contributed by atoms with Crippen molar-refractivity contribution in [2.75, 3.05) is 12.8 Å². The molecule has 0 spiro atoms. The summed E-state index contributed by atoms with van der Waals surface area (Å²) < 4.78 is 7.25. The van der Waals surface area contributed by atoms with E-state index in [1.165, 1.54) is 0 Å². The summed E-state index contributed by atoms with van der Waals surface area (Å²) in [5, 5.41) is 0.583. The Morgan fingerprint density at radius 1 is 1.37 bits per heavy atom. The zero-order valence-electron chi connectivity index (χ0n) is 11.6. The number of nitrogen functional groups attached to an aromatic ring is 1. The van der Waals surface area contributed by atoms with Crippen LogP contribution in [-0.4, -0.2) is 16.7 Å². The van der Waals surface area contributed by atoms with Crippen LogP contribution in [0.4, 0.5) is 5.82 Å². The fourth-order valence-electron chi connectivity index (χ4n) is 2.13. The average molecular weight is 280 g/mol. The topological polar surface area (TPSA) is 53.1 Å². The minimum absolute atomic E-state index is 0.287. The number of imidazole rings is 1. The van der Waals surface area contributed by atoms with Crippen molar-refractivity contribution in [3.63, 3.8) is 0 Å². The highest BCUT2D eigenvalue weighted by Gasteiger charge is 2.20. The summed E-state index contributed by atoms with van der Waals surface area (Å²) in [6.45, 7) is 4.16. The van der Waals surface area contributed by atoms with Crippen molar-refractivity contribution in [1.82, 2.24) is 9.55 Å². The molecule has 2 rings (SSSR count). The zero-order chi connectivity index (χ0) is 14.2. The van der Waals surface area contributed by atoms with Gasteiger partial charge in [0.25, 0.3) is 0 Å². The molecule has 2 aromatic rings. The molecule has 0 fully saturated rings. The van der Waals surface area contributed by atoms with Crippen LogP contribution in [0.2, 0.25) is 5.02 Å². The number of nitrogens with zero attached hydrogens (tertiary/aromatic N) is 2. The Kier molecular flexibility index (Phi) is 3.71. The summed E-state index contributed by atoms with van der Waals surface area (Å²) in [5.41, 5.74) is 7.57. The fourth-order valence-corrected chi connectivity index (χ4v) is 2.39. The second-order valence-electron chi connectivity index (χ2n) is 4.73. The van der Waals surface area contributed by atoms with E-state index in [-0.39, 0.29) is 5.92 Å². The van der Waals surface area contributed by atoms with Crippen LogP contribution >= 0.6 is 11.6 Å². The molecule has 102 valence electrons. The number of ether oxygens (including phenoxy) is 1. The lowest BCUT2D eigenvalue weighted by atomic mass is 10.1. The number of rotatable bonds is 3. The van der Waals surface area contributed by atoms with Gasteiger partial charge in [0.2, 0.25) is 0 Å². The number of aromatic nitrogens is 2. The van der Waals surface area contributed by atoms with Gasteiger partial charge >= 0.3 is 0 Å². The number of hydrogen-bond acceptors (Lipinski definition) is 3. The smallest absolute Gasteiger partial charge is 0.131 e. The monoisotopic (exact) mass is 279 g/mol. The van der Waals surface area contributed by atoms with Crippen molar-refractivity contribution in [1.29, 1.82) is 0 Å². The number of methoxy groups -OCH3 is 1. The van der Waals surface area contributed by atoms with E-state index in [4.69, 9.17) is 22.1 Å². The van der Waals surface area contributed by atoms with Gasteiger partial charge in [0.15, 0.2) is 0 Å². The van der Waals surface area contributed by atoms with E-state index in [0.29, 0.717) is 22.3 Å². The Morgan fingerprint density at radius 3 is 2.58 bits per heavy atom. The summed E-state index contributed by atoms with van der Waals surface area (Å²) in [5.74, 6) is 2.48. The van der Waals surface area contributed by atoms with E-state index in [2.05, 4.69) is 18.8 Å². The fraction of sp³-hybridized carbons (Fsp3) is 0.357. The molecule has 0 unspecified atom stereocenters. The predicted octanol–water partition coefficient (Wildman–Crippen LogP) is 3.45. The van der Waals surface area contributed by atoms with Crippen LogP contribution in [-0.2, 0) is 7.05 Å². The first-order chi connectivity index (χ1) is 8.97. The molecule has 0 aliphatic heterocycles. The summed E-state index contributed by atoms with van der Waals surface area (Å²) in [7, 11) is 3.52. The third-order valence-electron chi connectivity index (χ3n) is 3.12. The van der Waals surface area contributed by atoms with E-state index < -0.39 is 0 Å². The SMILES string of the molecule is COc1cccc(Cl)c1-c1nc(C(C)C)n(C)c1N. The van der Waals surface area contributed by atoms with E-state index in [1.807, 2.05) is 29.8 Å². The summed E-state index contributed by atoms with van der Waals surface area (Å²) in [4.78, 5) is 4.62. The first-order valence-electron chi connectivity index (χ1n) is 6.12. The minimum atomic E-state index is 0.287. The maximum Gasteiger partial charge on any atom is 0.131 e. The van der Waals surface area contributed by atoms with Gasteiger partial charge in [-0.05, 0) is 12.1 Å². The zero-order valence-corrected chi connectivity index (χ0v) is 12.3. The molecule has 2 N–H and O–H groups in total. The highest BCUT2D eigenvalue weighted by atomic mass is 35.5. The minimum Gasteiger partial charge on any atom is -0.496 e. The van der Waals surface area contributed by atoms with Crippen molar-refractivity contribution in [2.45, 2.75) is 19.8 Å². The van der Waals surface area contributed by atoms with Crippen molar-refractivity contribution < 1.29 is 4.74 Å². The number of anilines is 1. The highest BCUT2D eigenvalue weighted by Crippen LogP contribution is 2.39. The second-order valence-corrected chi connectivity index (χ2v) is 5.14. The van der Waals surface area contributed by atoms with E-state index in [1.54, 1.807) is 7.11 Å². The van der Waals surface area contributed by atoms with Gasteiger partial charge in [-0.2, -0.15) is 0 Å². The van der Waals surface area contributed by atoms with E-state index in [9.17, 15) is 0 Å². The van der Waals surface area contributed by atoms with Gasteiger partial charge in [-0.1, -0.05) is 31.5 Å². The van der Waals surface area contributed by atoms with Crippen LogP contribution in [0.3, 0.4) is 0 Å². The van der Waals surface area contributed by atoms with Gasteiger partial charge in [-0.25, -0.2) is 4.98 Å². The van der Waals surface area contributed by atoms with E-state index >= 15 is 0 Å². The maximum atomic E-state index is 6.27. The molecule has 0 bridgehead atoms. The van der Waals surface area contributed by atoms with Gasteiger partial charge in [-0.3, -0.25) is 0 Å². The molecule has 0 saturated carbocycles. The summed E-state index contributed by atoms with van der Waals surface area (Å²) >= 11 is 6.27. The van der Waals surface area contributed by atoms with Crippen molar-refractivity contribution in [3.05, 3.63) is 29.0 Å². The van der Waals surface area contributed by atoms with Crippen molar-refractivity contribution in [2.24, 2.45) is 7.05 Å². The molecular formula is C14H18ClN3O. The third-order valence-corrected chi connectivity index (χ3v) is 3.44. The highest BCUT2D eigenvalue weighted by molar-refractivity contribution is 6.33. The Hall–Kier alpha value is -1.68. The van der Waals surface area contributed by atoms with Gasteiger partial charge in [0.1, 0.15) is 23.1 Å². The van der Waals surface area contributed by atoms with Gasteiger partial charge < -0.3 is 15.0 Å². The number of halogens is 1. The number of benzene rings is 1. The molecule has 1 aromatic heterocycles. The van der Waals surface area contributed by atoms with Crippen LogP contribution in [0.15, 0.2) is 18.2 Å². The molecule has 0 amide bonds. The number of nitrogens with two attached hydrogens (primary N) is 1. The molecule has 1 aromatic carbocycles. The van der Waals surface area contributed by atoms with Gasteiger partial charge in [0, 0.05) is 13.0 Å². The molecule has 0 aliphatic rings. The number of hydrogen-bond donors (Lipinski definition) is 1. The van der Waals surface area contributed by atoms with Crippen LogP contribution in [0.25, 0.3) is 11.3 Å². The molecule has 0 aliphatic carbocycles. The maximum absolute atomic E-state index is 6.27. The van der Waals surface area contributed by atoms with Crippen molar-refractivity contribution in [3.8, 4) is 17.0 Å². The molecule has 0 saturated heterocycles. The summed E-state index contributed by atoms with van der Waals surface area (Å²) in [6, 6.07) is 5.50. The molecule has 5 heteroatoms.